The predicted octanol–water partition coefficient (Wildman–Crippen LogP) is 2.97. The van der Waals surface area contributed by atoms with Gasteiger partial charge in [0, 0.05) is 38.1 Å². The number of rotatable bonds is 4. The van der Waals surface area contributed by atoms with Crippen molar-refractivity contribution in [1.29, 1.82) is 0 Å². The van der Waals surface area contributed by atoms with Crippen molar-refractivity contribution >= 4 is 11.9 Å². The molecule has 0 saturated carbocycles. The molecule has 1 heterocycles. The van der Waals surface area contributed by atoms with Crippen molar-refractivity contribution < 1.29 is 39.5 Å². The zero-order valence-electron chi connectivity index (χ0n) is 9.59. The van der Waals surface area contributed by atoms with Crippen LogP contribution in [-0.2, 0) is 0 Å². The van der Waals surface area contributed by atoms with Crippen LogP contribution in [0.1, 0.15) is 0 Å². The molecule has 12 heteroatoms. The van der Waals surface area contributed by atoms with E-state index in [1.165, 1.54) is 0 Å². The second-order valence-electron chi connectivity index (χ2n) is 3.93. The first-order chi connectivity index (χ1) is 8.83. The van der Waals surface area contributed by atoms with Crippen LogP contribution in [0.3, 0.4) is 0 Å². The van der Waals surface area contributed by atoms with Gasteiger partial charge in [-0.25, -0.2) is 4.31 Å². The minimum Gasteiger partial charge on any atom is -0.314 e. The van der Waals surface area contributed by atoms with Gasteiger partial charge in [-0.05, 0) is 0 Å². The number of piperazine rings is 1. The highest BCUT2D eigenvalue weighted by molar-refractivity contribution is 7.98. The third-order valence-electron chi connectivity index (χ3n) is 2.44. The van der Waals surface area contributed by atoms with E-state index in [4.69, 9.17) is 0 Å². The smallest absolute Gasteiger partial charge is 0.314 e. The summed E-state index contributed by atoms with van der Waals surface area (Å²) in [6.07, 6.45) is -6.77. The van der Waals surface area contributed by atoms with Crippen LogP contribution in [0.2, 0.25) is 0 Å². The van der Waals surface area contributed by atoms with Gasteiger partial charge in [-0.15, -0.1) is 0 Å². The summed E-state index contributed by atoms with van der Waals surface area (Å²) in [5, 5.41) is -2.92. The van der Waals surface area contributed by atoms with Crippen LogP contribution in [-0.4, -0.2) is 53.8 Å². The third kappa shape index (κ3) is 3.11. The average Bonchev–Trinajstić information content (AvgIpc) is 2.27. The van der Waals surface area contributed by atoms with Gasteiger partial charge in [0.2, 0.25) is 0 Å². The van der Waals surface area contributed by atoms with Crippen LogP contribution < -0.4 is 5.32 Å². The Morgan fingerprint density at radius 1 is 0.750 bits per heavy atom. The Balaban J connectivity index is 2.93. The Morgan fingerprint density at radius 2 is 1.20 bits per heavy atom. The summed E-state index contributed by atoms with van der Waals surface area (Å²) < 4.78 is 114. The summed E-state index contributed by atoms with van der Waals surface area (Å²) in [4.78, 5) is 0. The van der Waals surface area contributed by atoms with Crippen LogP contribution in [0.5, 0.6) is 0 Å². The Hall–Kier alpha value is -0.360. The third-order valence-corrected chi connectivity index (χ3v) is 3.54. The molecule has 0 bridgehead atoms. The molecule has 0 aromatic carbocycles. The summed E-state index contributed by atoms with van der Waals surface area (Å²) >= 11 is -0.997. The predicted molar refractivity (Wildman–Crippen MR) is 52.9 cm³/mol. The lowest BCUT2D eigenvalue weighted by Crippen LogP contribution is -2.60. The summed E-state index contributed by atoms with van der Waals surface area (Å²) in [5.74, 6) is -13.4. The summed E-state index contributed by atoms with van der Waals surface area (Å²) in [7, 11) is 0. The molecule has 1 N–H and O–H groups in total. The Bertz CT molecular complexity index is 337. The summed E-state index contributed by atoms with van der Waals surface area (Å²) in [5.41, 5.74) is 0. The lowest BCUT2D eigenvalue weighted by molar-refractivity contribution is -0.381. The van der Waals surface area contributed by atoms with E-state index < -0.39 is 35.2 Å². The monoisotopic (exact) mass is 336 g/mol. The molecule has 0 aromatic heterocycles. The van der Waals surface area contributed by atoms with Crippen LogP contribution in [0, 0.1) is 0 Å². The normalized spacial score (nSPS) is 20.2. The second-order valence-corrected chi connectivity index (χ2v) is 5.15. The number of nitrogens with one attached hydrogen (secondary N) is 1. The minimum atomic E-state index is -6.83. The van der Waals surface area contributed by atoms with Crippen LogP contribution >= 0.6 is 11.9 Å². The molecule has 1 aliphatic heterocycles. The molecule has 1 saturated heterocycles. The maximum Gasteiger partial charge on any atom is 0.460 e. The molecule has 0 aromatic rings. The zero-order chi connectivity index (χ0) is 15.8. The maximum absolute atomic E-state index is 13.2. The first kappa shape index (κ1) is 17.7. The SMILES string of the molecule is FC(F)(F)C(F)(F)C(F)(F)C(F)(F)SN1CCNCC1. The largest absolute Gasteiger partial charge is 0.460 e. The molecule has 1 rings (SSSR count). The molecule has 1 fully saturated rings. The Kier molecular flexibility index (Phi) is 4.82. The van der Waals surface area contributed by atoms with Crippen molar-refractivity contribution in [3.8, 4) is 0 Å². The first-order valence-electron chi connectivity index (χ1n) is 5.18. The van der Waals surface area contributed by atoms with Crippen LogP contribution in [0.4, 0.5) is 39.5 Å². The van der Waals surface area contributed by atoms with Crippen molar-refractivity contribution in [2.24, 2.45) is 0 Å². The minimum absolute atomic E-state index is 0.129. The van der Waals surface area contributed by atoms with Crippen LogP contribution in [0.15, 0.2) is 0 Å². The zero-order valence-corrected chi connectivity index (χ0v) is 10.4. The Labute approximate surface area is 111 Å². The molecule has 0 atom stereocenters. The maximum atomic E-state index is 13.2. The fourth-order valence-electron chi connectivity index (χ4n) is 1.32. The molecule has 0 spiro atoms. The molecule has 0 radical (unpaired) electrons. The van der Waals surface area contributed by atoms with Crippen molar-refractivity contribution in [2.45, 2.75) is 23.3 Å². The van der Waals surface area contributed by atoms with Gasteiger partial charge < -0.3 is 5.32 Å². The highest BCUT2D eigenvalue weighted by atomic mass is 32.2. The molecular weight excluding hydrogens is 327 g/mol. The number of halogens is 9. The van der Waals surface area contributed by atoms with Crippen molar-refractivity contribution in [3.05, 3.63) is 0 Å². The van der Waals surface area contributed by atoms with Gasteiger partial charge in [-0.3, -0.25) is 0 Å². The van der Waals surface area contributed by atoms with Crippen molar-refractivity contribution in [3.63, 3.8) is 0 Å². The number of nitrogens with zero attached hydrogens (tertiary/aromatic N) is 1. The van der Waals surface area contributed by atoms with Crippen molar-refractivity contribution in [1.82, 2.24) is 9.62 Å². The lowest BCUT2D eigenvalue weighted by Gasteiger charge is -2.36. The van der Waals surface area contributed by atoms with Gasteiger partial charge in [0.05, 0.1) is 0 Å². The second kappa shape index (κ2) is 5.44. The molecule has 0 amide bonds. The standard InChI is InChI=1S/C8H9F9N2S/c9-5(10,7(13,14)15)6(11,12)8(16,17)20-19-3-1-18-2-4-19/h18H,1-4H2. The van der Waals surface area contributed by atoms with Gasteiger partial charge in [0.25, 0.3) is 0 Å². The van der Waals surface area contributed by atoms with E-state index in [0.29, 0.717) is 4.31 Å². The van der Waals surface area contributed by atoms with E-state index in [9.17, 15) is 39.5 Å². The number of hydrogen-bond donors (Lipinski definition) is 1. The van der Waals surface area contributed by atoms with E-state index in [-0.39, 0.29) is 26.2 Å². The summed E-state index contributed by atoms with van der Waals surface area (Å²) in [6.45, 7) is -0.115. The van der Waals surface area contributed by atoms with E-state index in [2.05, 4.69) is 5.32 Å². The summed E-state index contributed by atoms with van der Waals surface area (Å²) in [6, 6.07) is 0. The fourth-order valence-corrected chi connectivity index (χ4v) is 2.25. The number of hydrogen-bond acceptors (Lipinski definition) is 3. The van der Waals surface area contributed by atoms with E-state index in [1.54, 1.807) is 0 Å². The first-order valence-corrected chi connectivity index (χ1v) is 5.95. The van der Waals surface area contributed by atoms with Crippen LogP contribution in [0.25, 0.3) is 0 Å². The van der Waals surface area contributed by atoms with E-state index >= 15 is 0 Å². The molecule has 0 aliphatic carbocycles. The van der Waals surface area contributed by atoms with Crippen molar-refractivity contribution in [2.75, 3.05) is 26.2 Å². The lowest BCUT2D eigenvalue weighted by atomic mass is 10.1. The highest BCUT2D eigenvalue weighted by Crippen LogP contribution is 2.57. The van der Waals surface area contributed by atoms with Gasteiger partial charge in [-0.2, -0.15) is 39.5 Å². The topological polar surface area (TPSA) is 15.3 Å². The van der Waals surface area contributed by atoms with Gasteiger partial charge in [0.15, 0.2) is 0 Å². The highest BCUT2D eigenvalue weighted by Gasteiger charge is 2.82. The molecule has 1 aliphatic rings. The Morgan fingerprint density at radius 3 is 1.60 bits per heavy atom. The fraction of sp³-hybridized carbons (Fsp3) is 1.00. The molecule has 20 heavy (non-hydrogen) atoms. The molecule has 120 valence electrons. The van der Waals surface area contributed by atoms with Gasteiger partial charge >= 0.3 is 23.3 Å². The van der Waals surface area contributed by atoms with Gasteiger partial charge in [0.1, 0.15) is 0 Å². The molecule has 0 unspecified atom stereocenters. The molecular formula is C8H9F9N2S. The average molecular weight is 336 g/mol. The van der Waals surface area contributed by atoms with E-state index in [0.717, 1.165) is 0 Å². The number of alkyl halides is 9. The molecule has 2 nitrogen and oxygen atoms in total. The quantitative estimate of drug-likeness (QED) is 0.628. The van der Waals surface area contributed by atoms with Gasteiger partial charge in [-0.1, -0.05) is 0 Å². The van der Waals surface area contributed by atoms with E-state index in [1.807, 2.05) is 0 Å².